The minimum absolute atomic E-state index is 0. The van der Waals surface area contributed by atoms with Gasteiger partial charge >= 0.3 is 13.1 Å². The summed E-state index contributed by atoms with van der Waals surface area (Å²) >= 11 is 0. The van der Waals surface area contributed by atoms with Gasteiger partial charge in [0, 0.05) is 0 Å². The fraction of sp³-hybridized carbons (Fsp3) is 0.429. The number of fused-ring (bicyclic) bond motifs is 1. The average Bonchev–Trinajstić information content (AvgIpc) is 2.48. The van der Waals surface area contributed by atoms with E-state index < -0.39 is 13.1 Å². The van der Waals surface area contributed by atoms with Crippen LogP contribution in [0.25, 0.3) is 0 Å². The summed E-state index contributed by atoms with van der Waals surface area (Å²) in [7, 11) is -1.000. The molecule has 5 N–H and O–H groups in total. The first kappa shape index (κ1) is 21.4. The lowest BCUT2D eigenvalue weighted by atomic mass is 9.78. The zero-order chi connectivity index (χ0) is 16.6. The van der Waals surface area contributed by atoms with Crippen molar-refractivity contribution in [2.75, 3.05) is 19.6 Å². The van der Waals surface area contributed by atoms with Crippen molar-refractivity contribution in [3.05, 3.63) is 23.3 Å². The Morgan fingerprint density at radius 1 is 1.44 bits per heavy atom. The first-order valence-electron chi connectivity index (χ1n) is 7.42. The molecule has 0 saturated carbocycles. The van der Waals surface area contributed by atoms with Crippen LogP contribution >= 0.6 is 24.8 Å². The Bertz CT molecular complexity index is 658. The number of hydrogen-bond donors (Lipinski definition) is 4. The van der Waals surface area contributed by atoms with E-state index in [1.807, 2.05) is 0 Å². The van der Waals surface area contributed by atoms with Gasteiger partial charge in [-0.3, -0.25) is 5.41 Å². The van der Waals surface area contributed by atoms with Gasteiger partial charge in [0.05, 0.1) is 19.6 Å². The van der Waals surface area contributed by atoms with Gasteiger partial charge in [0.2, 0.25) is 0 Å². The maximum atomic E-state index is 11.6. The minimum Gasteiger partial charge on any atom is -0.535 e. The first-order chi connectivity index (χ1) is 11.0. The largest absolute Gasteiger partial charge is 0.535 e. The Morgan fingerprint density at radius 2 is 2.12 bits per heavy atom. The molecule has 0 radical (unpaired) electrons. The van der Waals surface area contributed by atoms with E-state index in [4.69, 9.17) is 20.5 Å². The number of benzene rings is 1. The van der Waals surface area contributed by atoms with Crippen LogP contribution in [0, 0.1) is 5.41 Å². The summed E-state index contributed by atoms with van der Waals surface area (Å²) in [5, 5.41) is 26.7. The molecular formula is C14H20BCl2N3O5. The number of hydrogen-bond acceptors (Lipinski definition) is 6. The summed E-state index contributed by atoms with van der Waals surface area (Å²) in [6.07, 6.45) is 0.791. The smallest absolute Gasteiger partial charge is 0.522 e. The third-order valence-electron chi connectivity index (χ3n) is 4.05. The summed E-state index contributed by atoms with van der Waals surface area (Å²) in [4.78, 5) is 13.4. The molecule has 0 aliphatic carbocycles. The van der Waals surface area contributed by atoms with Crippen molar-refractivity contribution in [1.82, 2.24) is 4.90 Å². The second-order valence-corrected chi connectivity index (χ2v) is 5.64. The predicted octanol–water partition coefficient (Wildman–Crippen LogP) is 0.643. The van der Waals surface area contributed by atoms with E-state index in [2.05, 4.69) is 0 Å². The minimum atomic E-state index is -1.16. The summed E-state index contributed by atoms with van der Waals surface area (Å²) < 4.78 is 11.1. The maximum absolute atomic E-state index is 11.6. The summed E-state index contributed by atoms with van der Waals surface area (Å²) in [5.74, 6) is -0.425. The van der Waals surface area contributed by atoms with Crippen LogP contribution in [-0.4, -0.2) is 59.7 Å². The predicted molar refractivity (Wildman–Crippen MR) is 97.8 cm³/mol. The number of nitrogens with one attached hydrogen (secondary N) is 1. The number of likely N-dealkylation sites (tertiary alicyclic amines) is 1. The molecule has 138 valence electrons. The molecule has 3 rings (SSSR count). The highest BCUT2D eigenvalue weighted by atomic mass is 35.5. The quantitative estimate of drug-likeness (QED) is 0.336. The number of halogens is 2. The van der Waals surface area contributed by atoms with E-state index in [9.17, 15) is 14.9 Å². The Kier molecular flexibility index (Phi) is 7.36. The molecule has 11 heteroatoms. The number of amidine groups is 1. The Morgan fingerprint density at radius 3 is 2.72 bits per heavy atom. The molecule has 2 heterocycles. The van der Waals surface area contributed by atoms with Gasteiger partial charge in [-0.15, -0.1) is 24.8 Å². The van der Waals surface area contributed by atoms with Crippen LogP contribution in [0.15, 0.2) is 12.1 Å². The summed E-state index contributed by atoms with van der Waals surface area (Å²) in [5.41, 5.74) is 6.10. The Balaban J connectivity index is 0.00000156. The van der Waals surface area contributed by atoms with Crippen LogP contribution in [-0.2, 0) is 6.42 Å². The molecule has 1 aromatic rings. The molecular weight excluding hydrogens is 372 g/mol. The lowest BCUT2D eigenvalue weighted by molar-refractivity contribution is 0.0591. The number of carboxylic acid groups (broad SMARTS) is 1. The van der Waals surface area contributed by atoms with Crippen molar-refractivity contribution in [1.29, 1.82) is 5.41 Å². The van der Waals surface area contributed by atoms with Crippen molar-refractivity contribution in [3.8, 4) is 11.5 Å². The Hall–Kier alpha value is -1.68. The van der Waals surface area contributed by atoms with Crippen LogP contribution in [0.4, 0.5) is 0 Å². The van der Waals surface area contributed by atoms with Gasteiger partial charge in [-0.1, -0.05) is 6.07 Å². The number of ether oxygens (including phenoxy) is 1. The fourth-order valence-electron chi connectivity index (χ4n) is 2.76. The van der Waals surface area contributed by atoms with Gasteiger partial charge in [0.1, 0.15) is 29.0 Å². The SMILES string of the molecule is Cl.Cl.N=C(CN)N1CC(Oc2ccc3c(c2C(=O)O)OB(O)CC3)C1. The normalized spacial score (nSPS) is 15.8. The van der Waals surface area contributed by atoms with Crippen LogP contribution in [0.5, 0.6) is 11.5 Å². The first-order valence-corrected chi connectivity index (χ1v) is 7.42. The molecule has 0 spiro atoms. The highest BCUT2D eigenvalue weighted by molar-refractivity contribution is 6.44. The Labute approximate surface area is 157 Å². The lowest BCUT2D eigenvalue weighted by Gasteiger charge is -2.40. The number of carboxylic acids is 1. The number of aryl methyl sites for hydroxylation is 1. The number of carbonyl (C=O) groups is 1. The molecule has 1 saturated heterocycles. The zero-order valence-electron chi connectivity index (χ0n) is 13.3. The molecule has 0 aromatic heterocycles. The van der Waals surface area contributed by atoms with E-state index in [0.29, 0.717) is 31.7 Å². The fourth-order valence-corrected chi connectivity index (χ4v) is 2.76. The molecule has 0 amide bonds. The molecule has 25 heavy (non-hydrogen) atoms. The number of nitrogens with two attached hydrogens (primary N) is 1. The molecule has 1 aromatic carbocycles. The highest BCUT2D eigenvalue weighted by Crippen LogP contribution is 2.37. The van der Waals surface area contributed by atoms with Crippen LogP contribution in [0.1, 0.15) is 15.9 Å². The van der Waals surface area contributed by atoms with Gasteiger partial charge in [-0.25, -0.2) is 4.79 Å². The van der Waals surface area contributed by atoms with Crippen molar-refractivity contribution in [3.63, 3.8) is 0 Å². The van der Waals surface area contributed by atoms with Crippen molar-refractivity contribution in [2.45, 2.75) is 18.8 Å². The molecule has 2 aliphatic rings. The van der Waals surface area contributed by atoms with Gasteiger partial charge in [0.25, 0.3) is 0 Å². The molecule has 8 nitrogen and oxygen atoms in total. The molecule has 0 unspecified atom stereocenters. The number of rotatable bonds is 4. The number of aromatic carboxylic acids is 1. The standard InChI is InChI=1S/C14H18BN3O5.2ClH/c16-5-11(17)18-6-9(7-18)22-10-2-1-8-3-4-15(21)23-13(8)12(10)14(19)20;;/h1-2,9,17,21H,3-7,16H2,(H,19,20);2*1H. The van der Waals surface area contributed by atoms with E-state index in [-0.39, 0.29) is 54.5 Å². The zero-order valence-corrected chi connectivity index (χ0v) is 14.9. The lowest BCUT2D eigenvalue weighted by Crippen LogP contribution is -2.57. The van der Waals surface area contributed by atoms with E-state index in [1.165, 1.54) is 0 Å². The maximum Gasteiger partial charge on any atom is 0.522 e. The topological polar surface area (TPSA) is 129 Å². The van der Waals surface area contributed by atoms with Gasteiger partial charge in [-0.2, -0.15) is 0 Å². The average molecular weight is 392 g/mol. The highest BCUT2D eigenvalue weighted by Gasteiger charge is 2.34. The second-order valence-electron chi connectivity index (χ2n) is 5.64. The van der Waals surface area contributed by atoms with Crippen molar-refractivity contribution >= 4 is 43.7 Å². The third-order valence-corrected chi connectivity index (χ3v) is 4.05. The molecule has 1 fully saturated rings. The van der Waals surface area contributed by atoms with Crippen molar-refractivity contribution < 1.29 is 24.3 Å². The monoisotopic (exact) mass is 391 g/mol. The van der Waals surface area contributed by atoms with Gasteiger partial charge < -0.3 is 30.2 Å². The summed E-state index contributed by atoms with van der Waals surface area (Å²) in [6, 6.07) is 3.39. The van der Waals surface area contributed by atoms with Crippen LogP contribution in [0.3, 0.4) is 0 Å². The van der Waals surface area contributed by atoms with Gasteiger partial charge in [0.15, 0.2) is 0 Å². The third kappa shape index (κ3) is 4.30. The second kappa shape index (κ2) is 8.62. The van der Waals surface area contributed by atoms with E-state index in [1.54, 1.807) is 17.0 Å². The van der Waals surface area contributed by atoms with E-state index in [0.717, 1.165) is 5.56 Å². The molecule has 2 aliphatic heterocycles. The molecule has 0 bridgehead atoms. The molecule has 0 atom stereocenters. The summed E-state index contributed by atoms with van der Waals surface area (Å²) in [6.45, 7) is 1.16. The van der Waals surface area contributed by atoms with Crippen molar-refractivity contribution in [2.24, 2.45) is 5.73 Å². The number of nitrogens with zero attached hydrogens (tertiary/aromatic N) is 1. The van der Waals surface area contributed by atoms with Crippen LogP contribution < -0.4 is 15.1 Å². The van der Waals surface area contributed by atoms with Crippen LogP contribution in [0.2, 0.25) is 6.32 Å². The van der Waals surface area contributed by atoms with Gasteiger partial charge in [-0.05, 0) is 24.4 Å². The van der Waals surface area contributed by atoms with E-state index >= 15 is 0 Å².